The molecule has 60 valence electrons. The number of rotatable bonds is 1. The normalized spacial score (nSPS) is 27.3. The lowest BCUT2D eigenvalue weighted by molar-refractivity contribution is -0.329. The van der Waals surface area contributed by atoms with Crippen LogP contribution in [0.2, 0.25) is 0 Å². The standard InChI is InChI=1S/C4H6F3NOS/c5-4(6,7)9-3-1-2-8-10-3/h3,8H,1-2H2. The quantitative estimate of drug-likeness (QED) is 0.607. The summed E-state index contributed by atoms with van der Waals surface area (Å²) in [5.74, 6) is 0. The molecule has 1 rings (SSSR count). The average Bonchev–Trinajstić information content (AvgIpc) is 2.12. The summed E-state index contributed by atoms with van der Waals surface area (Å²) < 4.78 is 40.7. The zero-order valence-corrected chi connectivity index (χ0v) is 5.76. The average molecular weight is 173 g/mol. The summed E-state index contributed by atoms with van der Waals surface area (Å²) in [6, 6.07) is 0. The summed E-state index contributed by atoms with van der Waals surface area (Å²) in [4.78, 5) is 0. The third kappa shape index (κ3) is 2.76. The van der Waals surface area contributed by atoms with Gasteiger partial charge in [0, 0.05) is 6.54 Å². The van der Waals surface area contributed by atoms with E-state index in [1.807, 2.05) is 0 Å². The van der Waals surface area contributed by atoms with E-state index in [4.69, 9.17) is 0 Å². The van der Waals surface area contributed by atoms with E-state index in [1.54, 1.807) is 0 Å². The Balaban J connectivity index is 2.24. The van der Waals surface area contributed by atoms with Crippen LogP contribution in [0.5, 0.6) is 0 Å². The molecule has 0 saturated carbocycles. The summed E-state index contributed by atoms with van der Waals surface area (Å²) in [5, 5.41) is 0. The molecular weight excluding hydrogens is 167 g/mol. The maximum Gasteiger partial charge on any atom is 0.523 e. The number of alkyl halides is 3. The van der Waals surface area contributed by atoms with Crippen LogP contribution in [0.15, 0.2) is 0 Å². The molecule has 1 heterocycles. The molecule has 1 aliphatic rings. The van der Waals surface area contributed by atoms with Gasteiger partial charge in [0.15, 0.2) is 0 Å². The minimum atomic E-state index is -4.50. The highest BCUT2D eigenvalue weighted by atomic mass is 32.2. The van der Waals surface area contributed by atoms with Gasteiger partial charge in [0.2, 0.25) is 0 Å². The van der Waals surface area contributed by atoms with E-state index in [-0.39, 0.29) is 0 Å². The van der Waals surface area contributed by atoms with Gasteiger partial charge in [-0.15, -0.1) is 13.2 Å². The molecule has 0 aliphatic carbocycles. The van der Waals surface area contributed by atoms with Crippen molar-refractivity contribution >= 4 is 11.9 Å². The predicted octanol–water partition coefficient (Wildman–Crippen LogP) is 1.49. The Bertz CT molecular complexity index is 112. The van der Waals surface area contributed by atoms with Crippen molar-refractivity contribution in [2.24, 2.45) is 0 Å². The van der Waals surface area contributed by atoms with Gasteiger partial charge < -0.3 is 0 Å². The lowest BCUT2D eigenvalue weighted by Gasteiger charge is -2.11. The molecule has 0 radical (unpaired) electrons. The molecule has 0 amide bonds. The zero-order valence-electron chi connectivity index (χ0n) is 4.94. The molecule has 1 fully saturated rings. The molecule has 6 heteroatoms. The summed E-state index contributed by atoms with van der Waals surface area (Å²) in [7, 11) is 0. The van der Waals surface area contributed by atoms with Crippen LogP contribution in [0, 0.1) is 0 Å². The Morgan fingerprint density at radius 3 is 2.60 bits per heavy atom. The van der Waals surface area contributed by atoms with Gasteiger partial charge in [-0.05, 0) is 18.4 Å². The summed E-state index contributed by atoms with van der Waals surface area (Å²) in [6.07, 6.45) is -4.09. The smallest absolute Gasteiger partial charge is 0.276 e. The van der Waals surface area contributed by atoms with Crippen molar-refractivity contribution in [2.75, 3.05) is 6.54 Å². The van der Waals surface area contributed by atoms with E-state index in [0.717, 1.165) is 11.9 Å². The predicted molar refractivity (Wildman–Crippen MR) is 31.1 cm³/mol. The maximum absolute atomic E-state index is 11.4. The van der Waals surface area contributed by atoms with Crippen molar-refractivity contribution in [1.82, 2.24) is 4.72 Å². The van der Waals surface area contributed by atoms with Gasteiger partial charge >= 0.3 is 6.36 Å². The summed E-state index contributed by atoms with van der Waals surface area (Å²) in [6.45, 7) is 0.575. The first-order chi connectivity index (χ1) is 4.58. The second-order valence-electron chi connectivity index (χ2n) is 1.79. The van der Waals surface area contributed by atoms with Gasteiger partial charge in [-0.2, -0.15) is 0 Å². The number of nitrogens with one attached hydrogen (secondary N) is 1. The Hall–Kier alpha value is 0.0600. The fourth-order valence-electron chi connectivity index (χ4n) is 0.620. The van der Waals surface area contributed by atoms with Crippen LogP contribution in [0.4, 0.5) is 13.2 Å². The minimum Gasteiger partial charge on any atom is -0.276 e. The van der Waals surface area contributed by atoms with Crippen molar-refractivity contribution in [1.29, 1.82) is 0 Å². The Kier molecular flexibility index (Phi) is 2.43. The fourth-order valence-corrected chi connectivity index (χ4v) is 1.43. The summed E-state index contributed by atoms with van der Waals surface area (Å²) >= 11 is 0.977. The summed E-state index contributed by atoms with van der Waals surface area (Å²) in [5.41, 5.74) is -0.764. The van der Waals surface area contributed by atoms with E-state index in [0.29, 0.717) is 13.0 Å². The van der Waals surface area contributed by atoms with Crippen LogP contribution in [0.25, 0.3) is 0 Å². The molecule has 1 unspecified atom stereocenters. The number of hydrogen-bond donors (Lipinski definition) is 1. The first-order valence-electron chi connectivity index (χ1n) is 2.71. The number of ether oxygens (including phenoxy) is 1. The Morgan fingerprint density at radius 1 is 1.50 bits per heavy atom. The van der Waals surface area contributed by atoms with Crippen molar-refractivity contribution in [3.63, 3.8) is 0 Å². The third-order valence-electron chi connectivity index (χ3n) is 0.962. The lowest BCUT2D eigenvalue weighted by atomic mass is 10.5. The van der Waals surface area contributed by atoms with Crippen molar-refractivity contribution in [2.45, 2.75) is 18.2 Å². The SMILES string of the molecule is FC(F)(F)OC1CCNS1. The van der Waals surface area contributed by atoms with E-state index in [1.165, 1.54) is 0 Å². The first-order valence-corrected chi connectivity index (χ1v) is 3.59. The molecule has 0 spiro atoms. The molecule has 10 heavy (non-hydrogen) atoms. The largest absolute Gasteiger partial charge is 0.523 e. The molecule has 1 N–H and O–H groups in total. The van der Waals surface area contributed by atoms with E-state index in [9.17, 15) is 13.2 Å². The van der Waals surface area contributed by atoms with Gasteiger partial charge in [-0.25, -0.2) is 0 Å². The van der Waals surface area contributed by atoms with Gasteiger partial charge in [0.25, 0.3) is 0 Å². The Morgan fingerprint density at radius 2 is 2.20 bits per heavy atom. The number of hydrogen-bond acceptors (Lipinski definition) is 3. The van der Waals surface area contributed by atoms with Crippen LogP contribution < -0.4 is 4.72 Å². The molecule has 0 aromatic rings. The second kappa shape index (κ2) is 2.98. The van der Waals surface area contributed by atoms with E-state index >= 15 is 0 Å². The van der Waals surface area contributed by atoms with Crippen LogP contribution in [-0.4, -0.2) is 18.3 Å². The molecule has 0 aromatic heterocycles. The minimum absolute atomic E-state index is 0.407. The highest BCUT2D eigenvalue weighted by Crippen LogP contribution is 2.27. The van der Waals surface area contributed by atoms with Gasteiger partial charge in [0.1, 0.15) is 5.44 Å². The van der Waals surface area contributed by atoms with Gasteiger partial charge in [-0.1, -0.05) is 0 Å². The molecular formula is C4H6F3NOS. The van der Waals surface area contributed by atoms with Crippen LogP contribution in [-0.2, 0) is 4.74 Å². The van der Waals surface area contributed by atoms with E-state index in [2.05, 4.69) is 9.46 Å². The Labute approximate surface area is 60.2 Å². The van der Waals surface area contributed by atoms with Crippen molar-refractivity contribution < 1.29 is 17.9 Å². The molecule has 1 aliphatic heterocycles. The molecule has 1 atom stereocenters. The number of halogens is 3. The third-order valence-corrected chi connectivity index (χ3v) is 1.93. The monoisotopic (exact) mass is 173 g/mol. The van der Waals surface area contributed by atoms with Crippen LogP contribution in [0.3, 0.4) is 0 Å². The maximum atomic E-state index is 11.4. The molecule has 1 saturated heterocycles. The molecule has 0 aromatic carbocycles. The zero-order chi connectivity index (χ0) is 7.61. The van der Waals surface area contributed by atoms with Gasteiger partial charge in [-0.3, -0.25) is 9.46 Å². The van der Waals surface area contributed by atoms with E-state index < -0.39 is 11.8 Å². The van der Waals surface area contributed by atoms with Crippen LogP contribution in [0.1, 0.15) is 6.42 Å². The van der Waals surface area contributed by atoms with Gasteiger partial charge in [0.05, 0.1) is 0 Å². The second-order valence-corrected chi connectivity index (χ2v) is 2.84. The topological polar surface area (TPSA) is 21.3 Å². The fraction of sp³-hybridized carbons (Fsp3) is 1.00. The highest BCUT2D eigenvalue weighted by molar-refractivity contribution is 7.98. The lowest BCUT2D eigenvalue weighted by Crippen LogP contribution is -2.19. The molecule has 2 nitrogen and oxygen atoms in total. The first kappa shape index (κ1) is 8.16. The van der Waals surface area contributed by atoms with Crippen LogP contribution >= 0.6 is 11.9 Å². The molecule has 0 bridgehead atoms. The van der Waals surface area contributed by atoms with Crippen molar-refractivity contribution in [3.8, 4) is 0 Å². The van der Waals surface area contributed by atoms with Crippen molar-refractivity contribution in [3.05, 3.63) is 0 Å². The highest BCUT2D eigenvalue weighted by Gasteiger charge is 2.35.